The average Bonchev–Trinajstić information content (AvgIpc) is 2.69. The highest BCUT2D eigenvalue weighted by molar-refractivity contribution is 6.30. The smallest absolute Gasteiger partial charge is 0.271 e. The van der Waals surface area contributed by atoms with Gasteiger partial charge in [0.15, 0.2) is 0 Å². The third-order valence-electron chi connectivity index (χ3n) is 4.77. The third-order valence-corrected chi connectivity index (χ3v) is 5.02. The number of likely N-dealkylation sites (tertiary alicyclic amines) is 1. The molecule has 27 heavy (non-hydrogen) atoms. The van der Waals surface area contributed by atoms with Crippen molar-refractivity contribution in [1.82, 2.24) is 10.3 Å². The molecule has 1 saturated heterocycles. The van der Waals surface area contributed by atoms with Crippen molar-refractivity contribution >= 4 is 23.2 Å². The molecular weight excluding hydrogens is 362 g/mol. The average molecular weight is 386 g/mol. The van der Waals surface area contributed by atoms with Crippen LogP contribution in [0.2, 0.25) is 5.02 Å². The monoisotopic (exact) mass is 385 g/mol. The van der Waals surface area contributed by atoms with E-state index >= 15 is 0 Å². The van der Waals surface area contributed by atoms with Crippen LogP contribution >= 0.6 is 11.6 Å². The Labute approximate surface area is 164 Å². The minimum atomic E-state index is -0.293. The van der Waals surface area contributed by atoms with Gasteiger partial charge in [-0.15, -0.1) is 0 Å². The number of phenolic OH excluding ortho intramolecular Hbond substituents is 1. The number of rotatable bonds is 5. The molecule has 3 rings (SSSR count). The second-order valence-corrected chi connectivity index (χ2v) is 7.26. The van der Waals surface area contributed by atoms with E-state index in [0.717, 1.165) is 30.8 Å². The van der Waals surface area contributed by atoms with Crippen molar-refractivity contribution in [3.63, 3.8) is 0 Å². The van der Waals surface area contributed by atoms with Crippen LogP contribution in [0.5, 0.6) is 5.75 Å². The SMILES string of the molecule is C/C(=N\NC(=O)c1ccc(Cl)cc1)c1ccc(O)c(CN2CCCCC2)c1. The van der Waals surface area contributed by atoms with Crippen molar-refractivity contribution in [1.29, 1.82) is 0 Å². The molecule has 2 aromatic carbocycles. The number of hydrazone groups is 1. The van der Waals surface area contributed by atoms with Gasteiger partial charge < -0.3 is 5.11 Å². The van der Waals surface area contributed by atoms with Crippen LogP contribution in [-0.2, 0) is 6.54 Å². The lowest BCUT2D eigenvalue weighted by atomic mass is 10.0. The fourth-order valence-electron chi connectivity index (χ4n) is 3.16. The topological polar surface area (TPSA) is 64.9 Å². The molecule has 0 atom stereocenters. The molecule has 5 nitrogen and oxygen atoms in total. The van der Waals surface area contributed by atoms with Gasteiger partial charge in [-0.05, 0) is 80.9 Å². The van der Waals surface area contributed by atoms with E-state index in [1.54, 1.807) is 30.3 Å². The number of carbonyl (C=O) groups is 1. The number of hydrogen-bond acceptors (Lipinski definition) is 4. The van der Waals surface area contributed by atoms with Crippen molar-refractivity contribution in [3.05, 3.63) is 64.2 Å². The Bertz CT molecular complexity index is 828. The number of nitrogens with zero attached hydrogens (tertiary/aromatic N) is 2. The molecular formula is C21H24ClN3O2. The Morgan fingerprint density at radius 1 is 1.11 bits per heavy atom. The number of benzene rings is 2. The number of carbonyl (C=O) groups excluding carboxylic acids is 1. The Hall–Kier alpha value is -2.37. The van der Waals surface area contributed by atoms with E-state index in [9.17, 15) is 9.90 Å². The maximum atomic E-state index is 12.2. The third kappa shape index (κ3) is 5.31. The zero-order valence-corrected chi connectivity index (χ0v) is 16.2. The lowest BCUT2D eigenvalue weighted by molar-refractivity contribution is 0.0955. The Morgan fingerprint density at radius 3 is 2.48 bits per heavy atom. The second-order valence-electron chi connectivity index (χ2n) is 6.83. The number of nitrogens with one attached hydrogen (secondary N) is 1. The van der Waals surface area contributed by atoms with Crippen molar-refractivity contribution in [2.75, 3.05) is 13.1 Å². The summed E-state index contributed by atoms with van der Waals surface area (Å²) in [6.45, 7) is 4.69. The normalized spacial score (nSPS) is 15.6. The summed E-state index contributed by atoms with van der Waals surface area (Å²) in [5.41, 5.74) is 5.49. The summed E-state index contributed by atoms with van der Waals surface area (Å²) < 4.78 is 0. The van der Waals surface area contributed by atoms with Crippen LogP contribution in [0.3, 0.4) is 0 Å². The fraction of sp³-hybridized carbons (Fsp3) is 0.333. The lowest BCUT2D eigenvalue weighted by Gasteiger charge is -2.26. The Morgan fingerprint density at radius 2 is 1.78 bits per heavy atom. The first-order valence-electron chi connectivity index (χ1n) is 9.18. The van der Waals surface area contributed by atoms with E-state index < -0.39 is 0 Å². The molecule has 142 valence electrons. The molecule has 0 radical (unpaired) electrons. The molecule has 6 heteroatoms. The summed E-state index contributed by atoms with van der Waals surface area (Å²) >= 11 is 5.84. The zero-order valence-electron chi connectivity index (χ0n) is 15.4. The molecule has 2 aromatic rings. The summed E-state index contributed by atoms with van der Waals surface area (Å²) in [6.07, 6.45) is 3.69. The standard InChI is InChI=1S/C21H24ClN3O2/c1-15(23-24-21(27)16-5-8-19(22)9-6-16)17-7-10-20(26)18(13-17)14-25-11-3-2-4-12-25/h5-10,13,26H,2-4,11-12,14H2,1H3,(H,24,27)/b23-15+. The molecule has 0 bridgehead atoms. The van der Waals surface area contributed by atoms with E-state index in [-0.39, 0.29) is 5.91 Å². The second kappa shape index (κ2) is 9.02. The van der Waals surface area contributed by atoms with E-state index in [1.807, 2.05) is 19.1 Å². The van der Waals surface area contributed by atoms with Gasteiger partial charge in [-0.1, -0.05) is 18.0 Å². The molecule has 1 fully saturated rings. The van der Waals surface area contributed by atoms with Crippen LogP contribution < -0.4 is 5.43 Å². The molecule has 1 amide bonds. The minimum Gasteiger partial charge on any atom is -0.508 e. The maximum Gasteiger partial charge on any atom is 0.271 e. The summed E-state index contributed by atoms with van der Waals surface area (Å²) in [4.78, 5) is 14.5. The predicted octanol–water partition coefficient (Wildman–Crippen LogP) is 4.19. The van der Waals surface area contributed by atoms with Crippen molar-refractivity contribution in [2.24, 2.45) is 5.10 Å². The van der Waals surface area contributed by atoms with Crippen LogP contribution in [0.4, 0.5) is 0 Å². The Kier molecular flexibility index (Phi) is 6.48. The van der Waals surface area contributed by atoms with Crippen LogP contribution in [0.1, 0.15) is 47.7 Å². The van der Waals surface area contributed by atoms with Gasteiger partial charge >= 0.3 is 0 Å². The van der Waals surface area contributed by atoms with Gasteiger partial charge in [-0.2, -0.15) is 5.10 Å². The first kappa shape index (κ1) is 19.4. The zero-order chi connectivity index (χ0) is 19.2. The lowest BCUT2D eigenvalue weighted by Crippen LogP contribution is -2.29. The highest BCUT2D eigenvalue weighted by Gasteiger charge is 2.13. The van der Waals surface area contributed by atoms with Gasteiger partial charge in [0.1, 0.15) is 5.75 Å². The summed E-state index contributed by atoms with van der Waals surface area (Å²) in [6, 6.07) is 12.1. The molecule has 0 aromatic heterocycles. The molecule has 0 saturated carbocycles. The summed E-state index contributed by atoms with van der Waals surface area (Å²) in [5.74, 6) is 0.000610. The molecule has 2 N–H and O–H groups in total. The van der Waals surface area contributed by atoms with Crippen molar-refractivity contribution in [3.8, 4) is 5.75 Å². The minimum absolute atomic E-state index is 0.293. The number of amides is 1. The molecule has 1 heterocycles. The molecule has 0 spiro atoms. The summed E-state index contributed by atoms with van der Waals surface area (Å²) in [5, 5.41) is 15.0. The van der Waals surface area contributed by atoms with Gasteiger partial charge in [-0.3, -0.25) is 9.69 Å². The van der Waals surface area contributed by atoms with E-state index in [1.165, 1.54) is 19.3 Å². The van der Waals surface area contributed by atoms with Gasteiger partial charge in [0.05, 0.1) is 5.71 Å². The number of hydrogen-bond donors (Lipinski definition) is 2. The van der Waals surface area contributed by atoms with Gasteiger partial charge in [0, 0.05) is 22.7 Å². The van der Waals surface area contributed by atoms with Crippen LogP contribution in [0.15, 0.2) is 47.6 Å². The van der Waals surface area contributed by atoms with E-state index in [0.29, 0.717) is 22.0 Å². The van der Waals surface area contributed by atoms with E-state index in [4.69, 9.17) is 11.6 Å². The number of phenols is 1. The number of piperidine rings is 1. The highest BCUT2D eigenvalue weighted by atomic mass is 35.5. The molecule has 0 unspecified atom stereocenters. The van der Waals surface area contributed by atoms with Crippen LogP contribution in [0, 0.1) is 0 Å². The van der Waals surface area contributed by atoms with Crippen molar-refractivity contribution < 1.29 is 9.90 Å². The van der Waals surface area contributed by atoms with Gasteiger partial charge in [0.2, 0.25) is 0 Å². The van der Waals surface area contributed by atoms with Gasteiger partial charge in [-0.25, -0.2) is 5.43 Å². The largest absolute Gasteiger partial charge is 0.508 e. The molecule has 1 aliphatic rings. The first-order valence-corrected chi connectivity index (χ1v) is 9.55. The van der Waals surface area contributed by atoms with Crippen LogP contribution in [-0.4, -0.2) is 34.7 Å². The first-order chi connectivity index (χ1) is 13.0. The van der Waals surface area contributed by atoms with Gasteiger partial charge in [0.25, 0.3) is 5.91 Å². The maximum absolute atomic E-state index is 12.2. The van der Waals surface area contributed by atoms with Crippen LogP contribution in [0.25, 0.3) is 0 Å². The molecule has 0 aliphatic carbocycles. The highest BCUT2D eigenvalue weighted by Crippen LogP contribution is 2.22. The number of halogens is 1. The Balaban J connectivity index is 1.68. The molecule has 1 aliphatic heterocycles. The van der Waals surface area contributed by atoms with Crippen molar-refractivity contribution in [2.45, 2.75) is 32.7 Å². The summed E-state index contributed by atoms with van der Waals surface area (Å²) in [7, 11) is 0. The predicted molar refractivity (Wildman–Crippen MR) is 108 cm³/mol. The number of aromatic hydroxyl groups is 1. The van der Waals surface area contributed by atoms with E-state index in [2.05, 4.69) is 15.4 Å². The quantitative estimate of drug-likeness (QED) is 0.599. The fourth-order valence-corrected chi connectivity index (χ4v) is 3.29.